The van der Waals surface area contributed by atoms with E-state index in [1.54, 1.807) is 17.0 Å². The number of carbonyl (C=O) groups is 2. The third-order valence-electron chi connectivity index (χ3n) is 4.78. The number of hydrogen-bond acceptors (Lipinski definition) is 5. The highest BCUT2D eigenvalue weighted by Gasteiger charge is 2.25. The van der Waals surface area contributed by atoms with E-state index >= 15 is 0 Å². The average molecular weight is 386 g/mol. The van der Waals surface area contributed by atoms with Crippen molar-refractivity contribution in [3.63, 3.8) is 0 Å². The first kappa shape index (κ1) is 19.7. The molecule has 28 heavy (non-hydrogen) atoms. The summed E-state index contributed by atoms with van der Waals surface area (Å²) in [6.07, 6.45) is 0.747. The molecular weight excluding hydrogens is 363 g/mol. The van der Waals surface area contributed by atoms with Gasteiger partial charge in [-0.2, -0.15) is 5.10 Å². The molecule has 0 radical (unpaired) electrons. The lowest BCUT2D eigenvalue weighted by Crippen LogP contribution is -2.49. The summed E-state index contributed by atoms with van der Waals surface area (Å²) in [5, 5.41) is 4.16. The zero-order chi connectivity index (χ0) is 20.3. The Labute approximate surface area is 162 Å². The van der Waals surface area contributed by atoms with Gasteiger partial charge in [-0.25, -0.2) is 9.07 Å². The van der Waals surface area contributed by atoms with Crippen molar-refractivity contribution in [3.8, 4) is 0 Å². The van der Waals surface area contributed by atoms with Gasteiger partial charge in [0.25, 0.3) is 11.5 Å². The Balaban J connectivity index is 1.68. The van der Waals surface area contributed by atoms with Crippen LogP contribution in [-0.2, 0) is 6.54 Å². The molecule has 1 aliphatic heterocycles. The molecule has 2 aromatic rings. The lowest BCUT2D eigenvalue weighted by molar-refractivity contribution is 0.0737. The second kappa shape index (κ2) is 8.33. The molecule has 1 aliphatic rings. The number of ketones is 1. The molecular formula is C20H23FN4O3. The number of halogens is 1. The number of benzene rings is 1. The summed E-state index contributed by atoms with van der Waals surface area (Å²) in [5.41, 5.74) is 0.765. The van der Waals surface area contributed by atoms with Crippen LogP contribution >= 0.6 is 0 Å². The minimum atomic E-state index is -0.444. The van der Waals surface area contributed by atoms with Crippen LogP contribution in [0.25, 0.3) is 0 Å². The number of nitrogens with zero attached hydrogens (tertiary/aromatic N) is 4. The SMILES string of the molecule is CCCn1nc(C(=O)N2CCN(c3ccc(C(C)=O)cc3F)CC2)ccc1=O. The lowest BCUT2D eigenvalue weighted by atomic mass is 10.1. The van der Waals surface area contributed by atoms with Gasteiger partial charge in [-0.15, -0.1) is 0 Å². The fraction of sp³-hybridized carbons (Fsp3) is 0.400. The van der Waals surface area contributed by atoms with Gasteiger partial charge in [-0.05, 0) is 37.6 Å². The van der Waals surface area contributed by atoms with Gasteiger partial charge in [0, 0.05) is 44.4 Å². The van der Waals surface area contributed by atoms with E-state index in [1.165, 1.54) is 29.8 Å². The minimum Gasteiger partial charge on any atom is -0.366 e. The van der Waals surface area contributed by atoms with Crippen molar-refractivity contribution in [2.75, 3.05) is 31.1 Å². The van der Waals surface area contributed by atoms with Crippen LogP contribution in [0.4, 0.5) is 10.1 Å². The maximum absolute atomic E-state index is 14.4. The molecule has 0 atom stereocenters. The number of rotatable bonds is 5. The number of Topliss-reactive ketones (excluding diaryl/α,β-unsaturated/α-hetero) is 1. The lowest BCUT2D eigenvalue weighted by Gasteiger charge is -2.36. The van der Waals surface area contributed by atoms with Gasteiger partial charge in [0.2, 0.25) is 0 Å². The van der Waals surface area contributed by atoms with Crippen LogP contribution in [0, 0.1) is 5.82 Å². The molecule has 0 N–H and O–H groups in total. The van der Waals surface area contributed by atoms with Gasteiger partial charge >= 0.3 is 0 Å². The number of carbonyl (C=O) groups excluding carboxylic acids is 2. The molecule has 8 heteroatoms. The van der Waals surface area contributed by atoms with E-state index < -0.39 is 5.82 Å². The van der Waals surface area contributed by atoms with Crippen LogP contribution < -0.4 is 10.5 Å². The number of piperazine rings is 1. The number of aromatic nitrogens is 2. The van der Waals surface area contributed by atoms with Crippen LogP contribution in [0.1, 0.15) is 41.1 Å². The van der Waals surface area contributed by atoms with Gasteiger partial charge in [0.1, 0.15) is 11.5 Å². The Kier molecular flexibility index (Phi) is 5.87. The quantitative estimate of drug-likeness (QED) is 0.735. The van der Waals surface area contributed by atoms with Crippen molar-refractivity contribution < 1.29 is 14.0 Å². The Hall–Kier alpha value is -3.03. The van der Waals surface area contributed by atoms with Crippen molar-refractivity contribution in [2.45, 2.75) is 26.8 Å². The van der Waals surface area contributed by atoms with E-state index in [2.05, 4.69) is 5.10 Å². The second-order valence-corrected chi connectivity index (χ2v) is 6.78. The molecule has 148 valence electrons. The molecule has 0 aliphatic carbocycles. The van der Waals surface area contributed by atoms with Crippen LogP contribution in [-0.4, -0.2) is 52.5 Å². The summed E-state index contributed by atoms with van der Waals surface area (Å²) in [5.74, 6) is -0.865. The molecule has 1 aromatic carbocycles. The molecule has 1 aromatic heterocycles. The van der Waals surface area contributed by atoms with Gasteiger partial charge in [0.15, 0.2) is 5.78 Å². The largest absolute Gasteiger partial charge is 0.366 e. The normalized spacial score (nSPS) is 14.2. The molecule has 1 saturated heterocycles. The van der Waals surface area contributed by atoms with Gasteiger partial charge in [-0.3, -0.25) is 14.4 Å². The van der Waals surface area contributed by atoms with Crippen molar-refractivity contribution in [2.24, 2.45) is 0 Å². The van der Waals surface area contributed by atoms with E-state index in [1.807, 2.05) is 11.8 Å². The summed E-state index contributed by atoms with van der Waals surface area (Å²) in [6.45, 7) is 5.57. The van der Waals surface area contributed by atoms with Gasteiger partial charge < -0.3 is 9.80 Å². The molecule has 7 nitrogen and oxygen atoms in total. The molecule has 0 bridgehead atoms. The van der Waals surface area contributed by atoms with Crippen molar-refractivity contribution in [1.82, 2.24) is 14.7 Å². The number of aryl methyl sites for hydroxylation is 1. The van der Waals surface area contributed by atoms with E-state index in [0.29, 0.717) is 44.0 Å². The van der Waals surface area contributed by atoms with E-state index in [-0.39, 0.29) is 22.9 Å². The van der Waals surface area contributed by atoms with Crippen LogP contribution in [0.2, 0.25) is 0 Å². The predicted molar refractivity (Wildman–Crippen MR) is 103 cm³/mol. The Morgan fingerprint density at radius 3 is 2.43 bits per heavy atom. The zero-order valence-corrected chi connectivity index (χ0v) is 16.0. The number of amides is 1. The fourth-order valence-corrected chi connectivity index (χ4v) is 3.23. The molecule has 3 rings (SSSR count). The van der Waals surface area contributed by atoms with Crippen LogP contribution in [0.5, 0.6) is 0 Å². The summed E-state index contributed by atoms with van der Waals surface area (Å²) in [7, 11) is 0. The van der Waals surface area contributed by atoms with Gasteiger partial charge in [-0.1, -0.05) is 6.92 Å². The average Bonchev–Trinajstić information content (AvgIpc) is 2.69. The maximum atomic E-state index is 14.4. The van der Waals surface area contributed by atoms with Crippen molar-refractivity contribution in [3.05, 3.63) is 57.8 Å². The summed E-state index contributed by atoms with van der Waals surface area (Å²) < 4.78 is 15.7. The highest BCUT2D eigenvalue weighted by atomic mass is 19.1. The molecule has 2 heterocycles. The van der Waals surface area contributed by atoms with Crippen LogP contribution in [0.15, 0.2) is 35.1 Å². The summed E-state index contributed by atoms with van der Waals surface area (Å²) in [4.78, 5) is 39.4. The Morgan fingerprint density at radius 2 is 1.82 bits per heavy atom. The van der Waals surface area contributed by atoms with E-state index in [9.17, 15) is 18.8 Å². The van der Waals surface area contributed by atoms with Crippen molar-refractivity contribution >= 4 is 17.4 Å². The third-order valence-corrected chi connectivity index (χ3v) is 4.78. The summed E-state index contributed by atoms with van der Waals surface area (Å²) in [6, 6.07) is 7.27. The Morgan fingerprint density at radius 1 is 1.11 bits per heavy atom. The fourth-order valence-electron chi connectivity index (χ4n) is 3.23. The smallest absolute Gasteiger partial charge is 0.274 e. The standard InChI is InChI=1S/C20H23FN4O3/c1-3-8-25-19(27)7-5-17(22-25)20(28)24-11-9-23(10-12-24)18-6-4-15(14(2)26)13-16(18)21/h4-7,13H,3,8-12H2,1-2H3. The second-order valence-electron chi connectivity index (χ2n) is 6.78. The first-order chi connectivity index (χ1) is 13.4. The monoisotopic (exact) mass is 386 g/mol. The number of anilines is 1. The first-order valence-corrected chi connectivity index (χ1v) is 9.33. The van der Waals surface area contributed by atoms with Crippen molar-refractivity contribution in [1.29, 1.82) is 0 Å². The molecule has 0 unspecified atom stereocenters. The molecule has 0 spiro atoms. The number of hydrogen-bond donors (Lipinski definition) is 0. The highest BCUT2D eigenvalue weighted by Crippen LogP contribution is 2.22. The summed E-state index contributed by atoms with van der Waals surface area (Å²) >= 11 is 0. The van der Waals surface area contributed by atoms with E-state index in [4.69, 9.17) is 0 Å². The van der Waals surface area contributed by atoms with E-state index in [0.717, 1.165) is 6.42 Å². The third kappa shape index (κ3) is 4.11. The highest BCUT2D eigenvalue weighted by molar-refractivity contribution is 5.94. The molecule has 0 saturated carbocycles. The Bertz CT molecular complexity index is 949. The topological polar surface area (TPSA) is 75.5 Å². The van der Waals surface area contributed by atoms with Crippen LogP contribution in [0.3, 0.4) is 0 Å². The predicted octanol–water partition coefficient (Wildman–Crippen LogP) is 1.96. The van der Waals surface area contributed by atoms with Gasteiger partial charge in [0.05, 0.1) is 5.69 Å². The minimum absolute atomic E-state index is 0.183. The maximum Gasteiger partial charge on any atom is 0.274 e. The molecule has 1 fully saturated rings. The zero-order valence-electron chi connectivity index (χ0n) is 16.0. The first-order valence-electron chi connectivity index (χ1n) is 9.33. The molecule has 1 amide bonds.